The molecule has 0 spiro atoms. The second kappa shape index (κ2) is 19.6. The van der Waals surface area contributed by atoms with E-state index in [9.17, 15) is 0 Å². The van der Waals surface area contributed by atoms with Crippen molar-refractivity contribution in [1.82, 2.24) is 0 Å². The molecule has 1 radical (unpaired) electrons. The van der Waals surface area contributed by atoms with Crippen LogP contribution in [0.25, 0.3) is 0 Å². The molecule has 0 heterocycles. The van der Waals surface area contributed by atoms with Gasteiger partial charge in [0.2, 0.25) is 0 Å². The molecule has 0 rings (SSSR count). The molecule has 0 aromatic carbocycles. The fraction of sp³-hybridized carbons (Fsp3) is 0. The molecule has 0 nitrogen and oxygen atoms in total. The first-order chi connectivity index (χ1) is 0. The van der Waals surface area contributed by atoms with Crippen molar-refractivity contribution in [2.45, 2.75) is 0 Å². The largest absolute Gasteiger partial charge is 0.153 e. The first-order valence-corrected chi connectivity index (χ1v) is 0. The van der Waals surface area contributed by atoms with Crippen molar-refractivity contribution in [3.05, 3.63) is 0 Å². The van der Waals surface area contributed by atoms with Gasteiger partial charge in [-0.2, -0.15) is 9.90 Å². The van der Waals surface area contributed by atoms with Crippen LogP contribution in [-0.2, 0) is 53.0 Å². The van der Waals surface area contributed by atoms with Crippen molar-refractivity contribution in [3.8, 4) is 0 Å². The molecule has 0 N–H and O–H groups in total. The average Bonchev–Trinajstić information content (AvgIpc) is 0. The van der Waals surface area contributed by atoms with Gasteiger partial charge in [0.05, 0.1) is 0 Å². The summed E-state index contributed by atoms with van der Waals surface area (Å²) in [6.07, 6.45) is 0. The van der Waals surface area contributed by atoms with E-state index in [-0.39, 0.29) is 62.9 Å². The van der Waals surface area contributed by atoms with Crippen LogP contribution in [-0.4, -0.2) is 0 Å². The molecule has 0 aliphatic heterocycles. The van der Waals surface area contributed by atoms with Crippen molar-refractivity contribution in [3.63, 3.8) is 0 Å². The van der Waals surface area contributed by atoms with Gasteiger partial charge in [0.25, 0.3) is 0 Å². The van der Waals surface area contributed by atoms with Crippen molar-refractivity contribution < 1.29 is 53.0 Å². The minimum absolute atomic E-state index is 0. The zero-order valence-corrected chi connectivity index (χ0v) is 8.66. The van der Waals surface area contributed by atoms with Crippen molar-refractivity contribution in [2.24, 2.45) is 0 Å². The summed E-state index contributed by atoms with van der Waals surface area (Å²) in [5.74, 6) is 0. The van der Waals surface area contributed by atoms with Gasteiger partial charge in [0, 0.05) is 53.0 Å². The molecule has 0 bridgehead atoms. The minimum Gasteiger partial charge on any atom is -0.153 e. The first kappa shape index (κ1) is 36.5. The van der Waals surface area contributed by atoms with E-state index in [1.54, 1.807) is 0 Å². The maximum atomic E-state index is 0. The van der Waals surface area contributed by atoms with Crippen LogP contribution in [0, 0.1) is 0 Å². The SMILES string of the molecule is P.[Mn].[Ni].[Zn]. The molecule has 0 amide bonds. The van der Waals surface area contributed by atoms with Gasteiger partial charge in [-0.05, 0) is 0 Å². The van der Waals surface area contributed by atoms with Crippen LogP contribution in [0.15, 0.2) is 0 Å². The Hall–Kier alpha value is 2.07. The van der Waals surface area contributed by atoms with E-state index in [1.807, 2.05) is 0 Å². The molecule has 0 aromatic rings. The molecule has 0 aliphatic rings. The molecule has 1 unspecified atom stereocenters. The Morgan fingerprint density at radius 2 is 1.00 bits per heavy atom. The number of hydrogen-bond acceptors (Lipinski definition) is 0. The van der Waals surface area contributed by atoms with Crippen LogP contribution in [0.4, 0.5) is 0 Å². The molecule has 0 aromatic heterocycles. The van der Waals surface area contributed by atoms with Gasteiger partial charge in [0.1, 0.15) is 0 Å². The summed E-state index contributed by atoms with van der Waals surface area (Å²) >= 11 is 0. The molecule has 0 saturated carbocycles. The number of hydrogen-bond donors (Lipinski definition) is 0. The molecule has 4 heteroatoms. The second-order valence-corrected chi connectivity index (χ2v) is 0. The molecule has 27 valence electrons. The van der Waals surface area contributed by atoms with Gasteiger partial charge in [-0.25, -0.2) is 0 Å². The Kier molecular flexibility index (Phi) is 179. The topological polar surface area (TPSA) is 0 Å². The zero-order valence-electron chi connectivity index (χ0n) is 2.11. The smallest absolute Gasteiger partial charge is 0 e. The Morgan fingerprint density at radius 3 is 1.00 bits per heavy atom. The Morgan fingerprint density at radius 1 is 1.00 bits per heavy atom. The molecule has 0 fully saturated rings. The van der Waals surface area contributed by atoms with E-state index < -0.39 is 0 Å². The van der Waals surface area contributed by atoms with Crippen LogP contribution in [0.1, 0.15) is 0 Å². The monoisotopic (exact) mass is 211 g/mol. The third kappa shape index (κ3) is 8.95. The standard InChI is InChI=1S/Mn.Ni.H3P.Zn/h;;1H3;. The second-order valence-electron chi connectivity index (χ2n) is 0. The van der Waals surface area contributed by atoms with Gasteiger partial charge in [-0.3, -0.25) is 0 Å². The fourth-order valence-electron chi connectivity index (χ4n) is 0. The molecule has 1 atom stereocenters. The minimum atomic E-state index is 0. The average molecular weight is 213 g/mol. The van der Waals surface area contributed by atoms with Gasteiger partial charge in [-0.1, -0.05) is 0 Å². The third-order valence-electron chi connectivity index (χ3n) is 0. The maximum absolute atomic E-state index is 0. The fourth-order valence-corrected chi connectivity index (χ4v) is 0. The van der Waals surface area contributed by atoms with Crippen LogP contribution in [0.5, 0.6) is 0 Å². The van der Waals surface area contributed by atoms with Crippen LogP contribution in [0.2, 0.25) is 0 Å². The molecule has 4 heavy (non-hydrogen) atoms. The summed E-state index contributed by atoms with van der Waals surface area (Å²) in [7, 11) is 0. The first-order valence-electron chi connectivity index (χ1n) is 0. The summed E-state index contributed by atoms with van der Waals surface area (Å²) in [4.78, 5) is 0. The predicted octanol–water partition coefficient (Wildman–Crippen LogP) is 0.0506. The van der Waals surface area contributed by atoms with E-state index in [1.165, 1.54) is 0 Å². The van der Waals surface area contributed by atoms with Gasteiger partial charge >= 0.3 is 0 Å². The zero-order chi connectivity index (χ0) is 0. The number of rotatable bonds is 0. The Bertz CT molecular complexity index is 8.00. The molecule has 0 saturated heterocycles. The molecular weight excluding hydrogens is 210 g/mol. The van der Waals surface area contributed by atoms with Crippen LogP contribution in [0.3, 0.4) is 0 Å². The van der Waals surface area contributed by atoms with Gasteiger partial charge in [-0.15, -0.1) is 0 Å². The quantitative estimate of drug-likeness (QED) is 0.394. The summed E-state index contributed by atoms with van der Waals surface area (Å²) < 4.78 is 0. The van der Waals surface area contributed by atoms with E-state index in [4.69, 9.17) is 0 Å². The van der Waals surface area contributed by atoms with Crippen molar-refractivity contribution >= 4 is 9.90 Å². The predicted molar refractivity (Wildman–Crippen MR) is 11.1 cm³/mol. The summed E-state index contributed by atoms with van der Waals surface area (Å²) in [6, 6.07) is 0. The van der Waals surface area contributed by atoms with E-state index >= 15 is 0 Å². The Balaban J connectivity index is 0. The Labute approximate surface area is 62.6 Å². The van der Waals surface area contributed by atoms with E-state index in [2.05, 4.69) is 0 Å². The van der Waals surface area contributed by atoms with Crippen LogP contribution < -0.4 is 0 Å². The molecular formula is H3MnNiPZn. The van der Waals surface area contributed by atoms with Crippen molar-refractivity contribution in [1.29, 1.82) is 0 Å². The molecule has 0 aliphatic carbocycles. The van der Waals surface area contributed by atoms with Crippen molar-refractivity contribution in [2.75, 3.05) is 0 Å². The maximum Gasteiger partial charge on any atom is 0 e. The van der Waals surface area contributed by atoms with Crippen LogP contribution >= 0.6 is 9.90 Å². The van der Waals surface area contributed by atoms with Gasteiger partial charge < -0.3 is 0 Å². The summed E-state index contributed by atoms with van der Waals surface area (Å²) in [5.41, 5.74) is 0. The summed E-state index contributed by atoms with van der Waals surface area (Å²) in [5, 5.41) is 0. The third-order valence-corrected chi connectivity index (χ3v) is 0. The van der Waals surface area contributed by atoms with E-state index in [0.29, 0.717) is 0 Å². The van der Waals surface area contributed by atoms with Gasteiger partial charge in [0.15, 0.2) is 0 Å². The normalized spacial score (nSPS) is 0. The summed E-state index contributed by atoms with van der Waals surface area (Å²) in [6.45, 7) is 0. The van der Waals surface area contributed by atoms with E-state index in [0.717, 1.165) is 0 Å².